The van der Waals surface area contributed by atoms with Crippen molar-refractivity contribution in [3.05, 3.63) is 35.9 Å². The van der Waals surface area contributed by atoms with Crippen molar-refractivity contribution in [2.45, 2.75) is 19.4 Å². The minimum absolute atomic E-state index is 0.254. The minimum Gasteiger partial charge on any atom is -0.392 e. The van der Waals surface area contributed by atoms with Gasteiger partial charge in [-0.1, -0.05) is 30.3 Å². The topological polar surface area (TPSA) is 32.3 Å². The second kappa shape index (κ2) is 5.73. The van der Waals surface area contributed by atoms with E-state index in [4.69, 9.17) is 5.11 Å². The van der Waals surface area contributed by atoms with Crippen LogP contribution in [0.4, 0.5) is 0 Å². The highest BCUT2D eigenvalue weighted by Gasteiger charge is 1.94. The smallest absolute Gasteiger partial charge is 0.0636 e. The summed E-state index contributed by atoms with van der Waals surface area (Å²) in [5, 5.41) is 12.2. The van der Waals surface area contributed by atoms with Crippen molar-refractivity contribution >= 4 is 0 Å². The Balaban J connectivity index is 2.13. The summed E-state index contributed by atoms with van der Waals surface area (Å²) in [5.74, 6) is 0. The molecule has 1 rings (SSSR count). The van der Waals surface area contributed by atoms with Crippen molar-refractivity contribution in [2.75, 3.05) is 13.1 Å². The van der Waals surface area contributed by atoms with Crippen molar-refractivity contribution in [3.63, 3.8) is 0 Å². The van der Waals surface area contributed by atoms with Crippen molar-refractivity contribution in [3.8, 4) is 0 Å². The maximum Gasteiger partial charge on any atom is 0.0636 e. The first-order valence-corrected chi connectivity index (χ1v) is 4.72. The molecule has 0 aliphatic rings. The lowest BCUT2D eigenvalue weighted by Gasteiger charge is -2.06. The fraction of sp³-hybridized carbons (Fsp3) is 0.455. The molecule has 0 fully saturated rings. The Morgan fingerprint density at radius 2 is 2.00 bits per heavy atom. The Morgan fingerprint density at radius 1 is 1.31 bits per heavy atom. The Bertz CT molecular complexity index is 221. The third-order valence-electron chi connectivity index (χ3n) is 1.87. The van der Waals surface area contributed by atoms with Gasteiger partial charge in [0.05, 0.1) is 6.10 Å². The molecule has 2 nitrogen and oxygen atoms in total. The number of rotatable bonds is 5. The minimum atomic E-state index is -0.254. The van der Waals surface area contributed by atoms with Gasteiger partial charge in [0.2, 0.25) is 0 Å². The van der Waals surface area contributed by atoms with Gasteiger partial charge in [0.25, 0.3) is 0 Å². The third kappa shape index (κ3) is 4.65. The number of aliphatic hydroxyl groups excluding tert-OH is 1. The first-order chi connectivity index (χ1) is 6.29. The maximum atomic E-state index is 8.99. The molecule has 0 aromatic heterocycles. The van der Waals surface area contributed by atoms with Crippen LogP contribution in [0.3, 0.4) is 0 Å². The molecule has 0 bridgehead atoms. The van der Waals surface area contributed by atoms with Gasteiger partial charge in [-0.3, -0.25) is 0 Å². The van der Waals surface area contributed by atoms with Crippen molar-refractivity contribution in [1.29, 1.82) is 0 Å². The molecule has 1 atom stereocenters. The quantitative estimate of drug-likeness (QED) is 0.666. The second-order valence-corrected chi connectivity index (χ2v) is 3.29. The summed E-state index contributed by atoms with van der Waals surface area (Å²) in [6.07, 6.45) is 0.767. The average molecular weight is 179 g/mol. The molecule has 72 valence electrons. The van der Waals surface area contributed by atoms with Gasteiger partial charge in [0.15, 0.2) is 0 Å². The predicted octanol–water partition coefficient (Wildman–Crippen LogP) is 1.20. The van der Waals surface area contributed by atoms with E-state index in [1.807, 2.05) is 18.2 Å². The molecule has 0 heterocycles. The van der Waals surface area contributed by atoms with E-state index in [-0.39, 0.29) is 6.10 Å². The van der Waals surface area contributed by atoms with Gasteiger partial charge in [0, 0.05) is 6.54 Å². The van der Waals surface area contributed by atoms with E-state index in [9.17, 15) is 0 Å². The largest absolute Gasteiger partial charge is 0.392 e. The van der Waals surface area contributed by atoms with Crippen molar-refractivity contribution < 1.29 is 5.11 Å². The molecule has 0 unspecified atom stereocenters. The van der Waals surface area contributed by atoms with E-state index in [1.54, 1.807) is 6.92 Å². The average Bonchev–Trinajstić information content (AvgIpc) is 2.14. The highest BCUT2D eigenvalue weighted by Crippen LogP contribution is 1.97. The Labute approximate surface area is 79.6 Å². The maximum absolute atomic E-state index is 8.99. The van der Waals surface area contributed by atoms with Gasteiger partial charge >= 0.3 is 0 Å². The monoisotopic (exact) mass is 179 g/mol. The first-order valence-electron chi connectivity index (χ1n) is 4.72. The number of benzene rings is 1. The highest BCUT2D eigenvalue weighted by atomic mass is 16.3. The molecule has 1 aromatic rings. The number of hydrogen-bond acceptors (Lipinski definition) is 2. The van der Waals surface area contributed by atoms with Gasteiger partial charge in [-0.05, 0) is 25.5 Å². The first kappa shape index (κ1) is 10.2. The molecule has 2 heteroatoms. The standard InChI is InChI=1S/C11H17NO/c1-10(13)9-12-8-7-11-5-3-2-4-6-11/h2-6,10,12-13H,7-9H2,1H3/t10-/m0/s1. The number of hydrogen-bond donors (Lipinski definition) is 2. The van der Waals surface area contributed by atoms with Gasteiger partial charge in [-0.15, -0.1) is 0 Å². The van der Waals surface area contributed by atoms with E-state index in [0.29, 0.717) is 6.54 Å². The summed E-state index contributed by atoms with van der Waals surface area (Å²) >= 11 is 0. The van der Waals surface area contributed by atoms with Crippen LogP contribution in [0.15, 0.2) is 30.3 Å². The Morgan fingerprint density at radius 3 is 2.62 bits per heavy atom. The summed E-state index contributed by atoms with van der Waals surface area (Å²) in [6, 6.07) is 10.3. The molecular weight excluding hydrogens is 162 g/mol. The zero-order valence-electron chi connectivity index (χ0n) is 8.03. The molecule has 0 spiro atoms. The number of nitrogens with one attached hydrogen (secondary N) is 1. The molecule has 0 radical (unpaired) electrons. The molecule has 0 saturated carbocycles. The molecular formula is C11H17NO. The molecule has 0 amide bonds. The zero-order valence-corrected chi connectivity index (χ0v) is 8.03. The summed E-state index contributed by atoms with van der Waals surface area (Å²) in [4.78, 5) is 0. The van der Waals surface area contributed by atoms with Gasteiger partial charge in [-0.2, -0.15) is 0 Å². The molecule has 1 aromatic carbocycles. The van der Waals surface area contributed by atoms with Crippen molar-refractivity contribution in [2.24, 2.45) is 0 Å². The number of aliphatic hydroxyl groups is 1. The van der Waals surface area contributed by atoms with Crippen LogP contribution in [0, 0.1) is 0 Å². The second-order valence-electron chi connectivity index (χ2n) is 3.29. The van der Waals surface area contributed by atoms with E-state index < -0.39 is 0 Å². The Kier molecular flexibility index (Phi) is 4.50. The molecule has 13 heavy (non-hydrogen) atoms. The lowest BCUT2D eigenvalue weighted by Crippen LogP contribution is -2.26. The lowest BCUT2D eigenvalue weighted by atomic mass is 10.1. The molecule has 0 saturated heterocycles. The molecule has 0 aliphatic heterocycles. The fourth-order valence-electron chi connectivity index (χ4n) is 1.19. The summed E-state index contributed by atoms with van der Waals surface area (Å²) in [5.41, 5.74) is 1.33. The summed E-state index contributed by atoms with van der Waals surface area (Å²) in [6.45, 7) is 3.39. The van der Waals surface area contributed by atoms with Crippen LogP contribution in [0.25, 0.3) is 0 Å². The van der Waals surface area contributed by atoms with Crippen LogP contribution in [-0.4, -0.2) is 24.3 Å². The molecule has 2 N–H and O–H groups in total. The summed E-state index contributed by atoms with van der Waals surface area (Å²) < 4.78 is 0. The van der Waals surface area contributed by atoms with Gasteiger partial charge in [0.1, 0.15) is 0 Å². The lowest BCUT2D eigenvalue weighted by molar-refractivity contribution is 0.191. The van der Waals surface area contributed by atoms with Crippen LogP contribution in [-0.2, 0) is 6.42 Å². The van der Waals surface area contributed by atoms with E-state index in [0.717, 1.165) is 13.0 Å². The van der Waals surface area contributed by atoms with Crippen molar-refractivity contribution in [1.82, 2.24) is 5.32 Å². The van der Waals surface area contributed by atoms with Crippen LogP contribution >= 0.6 is 0 Å². The Hall–Kier alpha value is -0.860. The third-order valence-corrected chi connectivity index (χ3v) is 1.87. The van der Waals surface area contributed by atoms with Crippen LogP contribution in [0.1, 0.15) is 12.5 Å². The zero-order chi connectivity index (χ0) is 9.52. The van der Waals surface area contributed by atoms with E-state index in [2.05, 4.69) is 17.4 Å². The molecule has 0 aliphatic carbocycles. The van der Waals surface area contributed by atoms with E-state index in [1.165, 1.54) is 5.56 Å². The van der Waals surface area contributed by atoms with Gasteiger partial charge < -0.3 is 10.4 Å². The van der Waals surface area contributed by atoms with Crippen LogP contribution in [0.2, 0.25) is 0 Å². The fourth-order valence-corrected chi connectivity index (χ4v) is 1.19. The highest BCUT2D eigenvalue weighted by molar-refractivity contribution is 5.14. The van der Waals surface area contributed by atoms with Crippen LogP contribution in [0.5, 0.6) is 0 Å². The predicted molar refractivity (Wildman–Crippen MR) is 54.7 cm³/mol. The van der Waals surface area contributed by atoms with Crippen LogP contribution < -0.4 is 5.32 Å². The summed E-state index contributed by atoms with van der Waals surface area (Å²) in [7, 11) is 0. The van der Waals surface area contributed by atoms with Gasteiger partial charge in [-0.25, -0.2) is 0 Å². The van der Waals surface area contributed by atoms with E-state index >= 15 is 0 Å². The SMILES string of the molecule is C[C@H](O)CNCCc1ccccc1. The normalized spacial score (nSPS) is 12.8.